The molecule has 2 rings (SSSR count). The van der Waals surface area contributed by atoms with Gasteiger partial charge < -0.3 is 15.0 Å². The zero-order valence-corrected chi connectivity index (χ0v) is 16.1. The van der Waals surface area contributed by atoms with Crippen LogP contribution in [0.25, 0.3) is 10.9 Å². The molecule has 138 valence electrons. The second-order valence-electron chi connectivity index (χ2n) is 6.58. The van der Waals surface area contributed by atoms with Crippen LogP contribution in [0, 0.1) is 0 Å². The highest BCUT2D eigenvalue weighted by atomic mass is 16.5. The van der Waals surface area contributed by atoms with Crippen LogP contribution < -0.4 is 10.1 Å². The van der Waals surface area contributed by atoms with E-state index in [1.165, 1.54) is 38.8 Å². The van der Waals surface area contributed by atoms with E-state index in [-0.39, 0.29) is 0 Å². The number of hydrogen-bond acceptors (Lipinski definition) is 4. The number of nitrogens with one attached hydrogen (secondary N) is 1. The van der Waals surface area contributed by atoms with Crippen molar-refractivity contribution in [1.29, 1.82) is 0 Å². The maximum absolute atomic E-state index is 5.42. The fraction of sp³-hybridized carbons (Fsp3) is 0.571. The molecule has 25 heavy (non-hydrogen) atoms. The van der Waals surface area contributed by atoms with Gasteiger partial charge in [0.25, 0.3) is 0 Å². The first-order chi connectivity index (χ1) is 12.3. The Morgan fingerprint density at radius 3 is 2.44 bits per heavy atom. The molecule has 0 spiro atoms. The molecule has 0 saturated heterocycles. The number of aromatic nitrogens is 1. The topological polar surface area (TPSA) is 37.4 Å². The van der Waals surface area contributed by atoms with Gasteiger partial charge in [0, 0.05) is 24.2 Å². The number of ether oxygens (including phenoxy) is 1. The predicted octanol–water partition coefficient (Wildman–Crippen LogP) is 4.95. The fourth-order valence-corrected chi connectivity index (χ4v) is 3.04. The number of rotatable bonds is 12. The summed E-state index contributed by atoms with van der Waals surface area (Å²) >= 11 is 0. The highest BCUT2D eigenvalue weighted by Gasteiger charge is 2.07. The Balaban J connectivity index is 1.91. The molecule has 1 N–H and O–H groups in total. The molecule has 0 amide bonds. The van der Waals surface area contributed by atoms with Crippen molar-refractivity contribution in [1.82, 2.24) is 9.88 Å². The van der Waals surface area contributed by atoms with Crippen LogP contribution in [0.1, 0.15) is 46.0 Å². The molecule has 0 saturated carbocycles. The zero-order valence-electron chi connectivity index (χ0n) is 16.1. The zero-order chi connectivity index (χ0) is 17.9. The molecule has 0 aliphatic heterocycles. The van der Waals surface area contributed by atoms with Gasteiger partial charge in [0.1, 0.15) is 5.75 Å². The minimum atomic E-state index is 0.871. The first kappa shape index (κ1) is 19.5. The van der Waals surface area contributed by atoms with Crippen LogP contribution in [0.3, 0.4) is 0 Å². The summed E-state index contributed by atoms with van der Waals surface area (Å²) in [6, 6.07) is 8.12. The SMILES string of the molecule is CCCCN(CCCC)CCCNc1cc(OC)cc2cccnc12. The molecule has 0 aliphatic rings. The van der Waals surface area contributed by atoms with Gasteiger partial charge in [-0.3, -0.25) is 4.98 Å². The molecule has 0 unspecified atom stereocenters. The maximum atomic E-state index is 5.42. The minimum absolute atomic E-state index is 0.871. The fourth-order valence-electron chi connectivity index (χ4n) is 3.04. The molecule has 0 atom stereocenters. The highest BCUT2D eigenvalue weighted by molar-refractivity contribution is 5.91. The van der Waals surface area contributed by atoms with Crippen LogP contribution >= 0.6 is 0 Å². The van der Waals surface area contributed by atoms with Crippen LogP contribution in [0.5, 0.6) is 5.75 Å². The summed E-state index contributed by atoms with van der Waals surface area (Å²) in [4.78, 5) is 7.13. The molecular formula is C21H33N3O. The van der Waals surface area contributed by atoms with E-state index in [9.17, 15) is 0 Å². The van der Waals surface area contributed by atoms with Crippen molar-refractivity contribution in [2.45, 2.75) is 46.0 Å². The number of unbranched alkanes of at least 4 members (excludes halogenated alkanes) is 2. The quantitative estimate of drug-likeness (QED) is 0.553. The first-order valence-electron chi connectivity index (χ1n) is 9.67. The number of anilines is 1. The number of nitrogens with zero attached hydrogens (tertiary/aromatic N) is 2. The van der Waals surface area contributed by atoms with E-state index in [1.54, 1.807) is 7.11 Å². The lowest BCUT2D eigenvalue weighted by molar-refractivity contribution is 0.264. The number of benzene rings is 1. The lowest BCUT2D eigenvalue weighted by Gasteiger charge is -2.22. The number of fused-ring (bicyclic) bond motifs is 1. The monoisotopic (exact) mass is 343 g/mol. The lowest BCUT2D eigenvalue weighted by atomic mass is 10.1. The van der Waals surface area contributed by atoms with Gasteiger partial charge >= 0.3 is 0 Å². The molecule has 4 nitrogen and oxygen atoms in total. The third kappa shape index (κ3) is 6.20. The lowest BCUT2D eigenvalue weighted by Crippen LogP contribution is -2.28. The Labute approximate surface area is 152 Å². The molecule has 2 aromatic rings. The molecule has 1 aromatic heterocycles. The second kappa shape index (κ2) is 10.9. The molecule has 4 heteroatoms. The summed E-state index contributed by atoms with van der Waals surface area (Å²) in [5.74, 6) is 0.871. The van der Waals surface area contributed by atoms with E-state index in [4.69, 9.17) is 4.74 Å². The Kier molecular flexibility index (Phi) is 8.53. The van der Waals surface area contributed by atoms with E-state index < -0.39 is 0 Å². The summed E-state index contributed by atoms with van der Waals surface area (Å²) in [5.41, 5.74) is 2.07. The summed E-state index contributed by atoms with van der Waals surface area (Å²) in [7, 11) is 1.71. The Hall–Kier alpha value is -1.81. The summed E-state index contributed by atoms with van der Waals surface area (Å²) in [6.07, 6.45) is 8.10. The first-order valence-corrected chi connectivity index (χ1v) is 9.67. The molecular weight excluding hydrogens is 310 g/mol. The van der Waals surface area contributed by atoms with E-state index in [2.05, 4.69) is 35.1 Å². The van der Waals surface area contributed by atoms with Crippen molar-refractivity contribution >= 4 is 16.6 Å². The van der Waals surface area contributed by atoms with Gasteiger partial charge in [-0.2, -0.15) is 0 Å². The Bertz CT molecular complexity index is 622. The third-order valence-electron chi connectivity index (χ3n) is 4.54. The van der Waals surface area contributed by atoms with Crippen LogP contribution in [0.15, 0.2) is 30.5 Å². The van der Waals surface area contributed by atoms with Gasteiger partial charge in [-0.15, -0.1) is 0 Å². The predicted molar refractivity (Wildman–Crippen MR) is 108 cm³/mol. The van der Waals surface area contributed by atoms with Gasteiger partial charge in [-0.25, -0.2) is 0 Å². The molecule has 1 heterocycles. The van der Waals surface area contributed by atoms with Crippen molar-refractivity contribution in [3.8, 4) is 5.75 Å². The number of methoxy groups -OCH3 is 1. The van der Waals surface area contributed by atoms with Gasteiger partial charge in [0.2, 0.25) is 0 Å². The van der Waals surface area contributed by atoms with Crippen molar-refractivity contribution in [3.05, 3.63) is 30.5 Å². The third-order valence-corrected chi connectivity index (χ3v) is 4.54. The molecule has 0 aliphatic carbocycles. The van der Waals surface area contributed by atoms with Gasteiger partial charge in [0.05, 0.1) is 18.3 Å². The second-order valence-corrected chi connectivity index (χ2v) is 6.58. The van der Waals surface area contributed by atoms with Crippen molar-refractivity contribution < 1.29 is 4.74 Å². The summed E-state index contributed by atoms with van der Waals surface area (Å²) in [6.45, 7) is 9.08. The molecule has 1 aromatic carbocycles. The molecule has 0 radical (unpaired) electrons. The van der Waals surface area contributed by atoms with E-state index in [1.807, 2.05) is 24.4 Å². The van der Waals surface area contributed by atoms with Crippen LogP contribution in [0.4, 0.5) is 5.69 Å². The van der Waals surface area contributed by atoms with Crippen molar-refractivity contribution in [2.24, 2.45) is 0 Å². The number of hydrogen-bond donors (Lipinski definition) is 1. The average Bonchev–Trinajstić information content (AvgIpc) is 2.66. The van der Waals surface area contributed by atoms with Crippen molar-refractivity contribution in [2.75, 3.05) is 38.6 Å². The van der Waals surface area contributed by atoms with Crippen LogP contribution in [-0.4, -0.2) is 43.2 Å². The van der Waals surface area contributed by atoms with E-state index in [0.717, 1.165) is 41.9 Å². The molecule has 0 bridgehead atoms. The normalized spacial score (nSPS) is 11.2. The van der Waals surface area contributed by atoms with Gasteiger partial charge in [0.15, 0.2) is 0 Å². The number of pyridine rings is 1. The molecule has 0 fully saturated rings. The minimum Gasteiger partial charge on any atom is -0.497 e. The van der Waals surface area contributed by atoms with E-state index in [0.29, 0.717) is 0 Å². The Morgan fingerprint density at radius 2 is 1.76 bits per heavy atom. The standard InChI is InChI=1S/C21H33N3O/c1-4-6-13-24(14-7-5-2)15-9-12-22-20-17-19(25-3)16-18-10-8-11-23-21(18)20/h8,10-11,16-17,22H,4-7,9,12-15H2,1-3H3. The van der Waals surface area contributed by atoms with E-state index >= 15 is 0 Å². The highest BCUT2D eigenvalue weighted by Crippen LogP contribution is 2.27. The van der Waals surface area contributed by atoms with Gasteiger partial charge in [-0.1, -0.05) is 32.8 Å². The largest absolute Gasteiger partial charge is 0.497 e. The van der Waals surface area contributed by atoms with Gasteiger partial charge in [-0.05, 0) is 51.0 Å². The van der Waals surface area contributed by atoms with Crippen LogP contribution in [0.2, 0.25) is 0 Å². The average molecular weight is 344 g/mol. The maximum Gasteiger partial charge on any atom is 0.121 e. The smallest absolute Gasteiger partial charge is 0.121 e. The summed E-state index contributed by atoms with van der Waals surface area (Å²) in [5, 5.41) is 4.67. The summed E-state index contributed by atoms with van der Waals surface area (Å²) < 4.78 is 5.42. The van der Waals surface area contributed by atoms with Crippen molar-refractivity contribution in [3.63, 3.8) is 0 Å². The van der Waals surface area contributed by atoms with Crippen LogP contribution in [-0.2, 0) is 0 Å². The Morgan fingerprint density at radius 1 is 1.04 bits per heavy atom.